The minimum absolute atomic E-state index is 0.335. The fourth-order valence-corrected chi connectivity index (χ4v) is 3.41. The van der Waals surface area contributed by atoms with Gasteiger partial charge in [-0.15, -0.1) is 0 Å². The molecule has 0 aromatic heterocycles. The first-order valence-electron chi connectivity index (χ1n) is 7.78. The molecule has 2 atom stereocenters. The number of piperidine rings is 2. The SMILES string of the molecule is CN1CCCC(CN(C)C(=O)CC2CCCNC2)C1. The van der Waals surface area contributed by atoms with Gasteiger partial charge in [-0.1, -0.05) is 0 Å². The Kier molecular flexibility index (Phi) is 5.64. The predicted octanol–water partition coefficient (Wildman–Crippen LogP) is 1.18. The van der Waals surface area contributed by atoms with E-state index in [2.05, 4.69) is 17.3 Å². The van der Waals surface area contributed by atoms with Crippen LogP contribution in [0.15, 0.2) is 0 Å². The highest BCUT2D eigenvalue weighted by molar-refractivity contribution is 5.76. The van der Waals surface area contributed by atoms with Crippen molar-refractivity contribution in [3.63, 3.8) is 0 Å². The van der Waals surface area contributed by atoms with E-state index in [1.165, 1.54) is 32.2 Å². The standard InChI is InChI=1S/C15H29N3O/c1-17-8-4-6-14(11-17)12-18(2)15(19)9-13-5-3-7-16-10-13/h13-14,16H,3-12H2,1-2H3. The summed E-state index contributed by atoms with van der Waals surface area (Å²) in [4.78, 5) is 16.6. The van der Waals surface area contributed by atoms with E-state index in [9.17, 15) is 4.79 Å². The molecule has 1 N–H and O–H groups in total. The lowest BCUT2D eigenvalue weighted by Gasteiger charge is -2.33. The maximum atomic E-state index is 12.3. The van der Waals surface area contributed by atoms with Crippen molar-refractivity contribution < 1.29 is 4.79 Å². The molecule has 0 aromatic rings. The molecule has 0 aliphatic carbocycles. The van der Waals surface area contributed by atoms with Crippen LogP contribution >= 0.6 is 0 Å². The lowest BCUT2D eigenvalue weighted by Crippen LogP contribution is -2.41. The van der Waals surface area contributed by atoms with Crippen molar-refractivity contribution in [3.8, 4) is 0 Å². The number of nitrogens with one attached hydrogen (secondary N) is 1. The van der Waals surface area contributed by atoms with Gasteiger partial charge in [0.05, 0.1) is 0 Å². The van der Waals surface area contributed by atoms with Crippen molar-refractivity contribution in [1.29, 1.82) is 0 Å². The van der Waals surface area contributed by atoms with Gasteiger partial charge in [0.1, 0.15) is 0 Å². The minimum atomic E-state index is 0.335. The summed E-state index contributed by atoms with van der Waals surface area (Å²) in [5, 5.41) is 3.39. The summed E-state index contributed by atoms with van der Waals surface area (Å²) in [5.74, 6) is 1.55. The molecule has 4 heteroatoms. The van der Waals surface area contributed by atoms with E-state index < -0.39 is 0 Å². The number of nitrogens with zero attached hydrogens (tertiary/aromatic N) is 2. The number of hydrogen-bond acceptors (Lipinski definition) is 3. The highest BCUT2D eigenvalue weighted by Crippen LogP contribution is 2.18. The van der Waals surface area contributed by atoms with Gasteiger partial charge in [-0.05, 0) is 64.2 Å². The second-order valence-electron chi connectivity index (χ2n) is 6.46. The largest absolute Gasteiger partial charge is 0.345 e. The van der Waals surface area contributed by atoms with Crippen molar-refractivity contribution in [2.24, 2.45) is 11.8 Å². The Hall–Kier alpha value is -0.610. The Morgan fingerprint density at radius 3 is 2.79 bits per heavy atom. The Morgan fingerprint density at radius 2 is 2.11 bits per heavy atom. The summed E-state index contributed by atoms with van der Waals surface area (Å²) in [5.41, 5.74) is 0. The fraction of sp³-hybridized carbons (Fsp3) is 0.933. The molecule has 0 saturated carbocycles. The van der Waals surface area contributed by atoms with Crippen LogP contribution in [0.5, 0.6) is 0 Å². The average molecular weight is 267 g/mol. The molecule has 4 nitrogen and oxygen atoms in total. The number of carbonyl (C=O) groups excluding carboxylic acids is 1. The van der Waals surface area contributed by atoms with Crippen molar-refractivity contribution in [2.45, 2.75) is 32.1 Å². The number of amides is 1. The number of hydrogen-bond donors (Lipinski definition) is 1. The highest BCUT2D eigenvalue weighted by atomic mass is 16.2. The van der Waals surface area contributed by atoms with Gasteiger partial charge in [-0.3, -0.25) is 4.79 Å². The minimum Gasteiger partial charge on any atom is -0.345 e. The van der Waals surface area contributed by atoms with E-state index in [1.807, 2.05) is 11.9 Å². The number of rotatable bonds is 4. The van der Waals surface area contributed by atoms with Gasteiger partial charge in [-0.25, -0.2) is 0 Å². The highest BCUT2D eigenvalue weighted by Gasteiger charge is 2.23. The molecule has 2 saturated heterocycles. The van der Waals surface area contributed by atoms with Crippen LogP contribution in [0.1, 0.15) is 32.1 Å². The van der Waals surface area contributed by atoms with Crippen LogP contribution in [0.25, 0.3) is 0 Å². The Morgan fingerprint density at radius 1 is 1.32 bits per heavy atom. The zero-order valence-electron chi connectivity index (χ0n) is 12.5. The molecule has 2 aliphatic rings. The molecular formula is C15H29N3O. The van der Waals surface area contributed by atoms with Gasteiger partial charge in [0.25, 0.3) is 0 Å². The quantitative estimate of drug-likeness (QED) is 0.831. The van der Waals surface area contributed by atoms with Crippen LogP contribution in [0.3, 0.4) is 0 Å². The van der Waals surface area contributed by atoms with Crippen LogP contribution < -0.4 is 5.32 Å². The first kappa shape index (κ1) is 14.8. The summed E-state index contributed by atoms with van der Waals surface area (Å²) in [6.45, 7) is 5.43. The zero-order valence-corrected chi connectivity index (χ0v) is 12.5. The fourth-order valence-electron chi connectivity index (χ4n) is 3.41. The maximum Gasteiger partial charge on any atom is 0.222 e. The van der Waals surface area contributed by atoms with E-state index >= 15 is 0 Å². The summed E-state index contributed by atoms with van der Waals surface area (Å²) < 4.78 is 0. The molecule has 2 aliphatic heterocycles. The smallest absolute Gasteiger partial charge is 0.222 e. The molecule has 1 amide bonds. The van der Waals surface area contributed by atoms with Crippen molar-refractivity contribution >= 4 is 5.91 Å². The third-order valence-electron chi connectivity index (χ3n) is 4.54. The number of carbonyl (C=O) groups is 1. The summed E-state index contributed by atoms with van der Waals surface area (Å²) in [6.07, 6.45) is 5.70. The summed E-state index contributed by atoms with van der Waals surface area (Å²) in [7, 11) is 4.16. The normalized spacial score (nSPS) is 29.2. The Labute approximate surface area is 117 Å². The van der Waals surface area contributed by atoms with E-state index in [4.69, 9.17) is 0 Å². The average Bonchev–Trinajstić information content (AvgIpc) is 2.40. The Balaban J connectivity index is 1.72. The van der Waals surface area contributed by atoms with Gasteiger partial charge in [0, 0.05) is 26.6 Å². The summed E-state index contributed by atoms with van der Waals surface area (Å²) >= 11 is 0. The lowest BCUT2D eigenvalue weighted by atomic mass is 9.94. The third-order valence-corrected chi connectivity index (χ3v) is 4.54. The molecule has 0 radical (unpaired) electrons. The second kappa shape index (κ2) is 7.25. The van der Waals surface area contributed by atoms with Crippen LogP contribution in [0.2, 0.25) is 0 Å². The molecule has 110 valence electrons. The van der Waals surface area contributed by atoms with E-state index in [0.717, 1.165) is 32.6 Å². The van der Waals surface area contributed by atoms with Gasteiger partial charge in [0.2, 0.25) is 5.91 Å². The molecular weight excluding hydrogens is 238 g/mol. The molecule has 0 bridgehead atoms. The van der Waals surface area contributed by atoms with Gasteiger partial charge >= 0.3 is 0 Å². The zero-order chi connectivity index (χ0) is 13.7. The monoisotopic (exact) mass is 267 g/mol. The first-order valence-corrected chi connectivity index (χ1v) is 7.78. The van der Waals surface area contributed by atoms with Crippen molar-refractivity contribution in [3.05, 3.63) is 0 Å². The molecule has 0 aromatic carbocycles. The predicted molar refractivity (Wildman–Crippen MR) is 78.1 cm³/mol. The third kappa shape index (κ3) is 4.77. The number of likely N-dealkylation sites (tertiary alicyclic amines) is 1. The van der Waals surface area contributed by atoms with Crippen LogP contribution in [-0.4, -0.2) is 62.5 Å². The molecule has 0 spiro atoms. The lowest BCUT2D eigenvalue weighted by molar-refractivity contribution is -0.131. The van der Waals surface area contributed by atoms with Crippen LogP contribution in [0, 0.1) is 11.8 Å². The molecule has 2 heterocycles. The van der Waals surface area contributed by atoms with Crippen LogP contribution in [0.4, 0.5) is 0 Å². The second-order valence-corrected chi connectivity index (χ2v) is 6.46. The van der Waals surface area contributed by atoms with Gasteiger partial charge in [0.15, 0.2) is 0 Å². The molecule has 2 rings (SSSR count). The summed E-state index contributed by atoms with van der Waals surface area (Å²) in [6, 6.07) is 0. The van der Waals surface area contributed by atoms with Gasteiger partial charge in [-0.2, -0.15) is 0 Å². The topological polar surface area (TPSA) is 35.6 Å². The van der Waals surface area contributed by atoms with Crippen LogP contribution in [-0.2, 0) is 4.79 Å². The first-order chi connectivity index (χ1) is 9.15. The Bertz CT molecular complexity index is 289. The molecule has 19 heavy (non-hydrogen) atoms. The molecule has 2 fully saturated rings. The van der Waals surface area contributed by atoms with E-state index in [1.54, 1.807) is 0 Å². The van der Waals surface area contributed by atoms with E-state index in [0.29, 0.717) is 17.7 Å². The van der Waals surface area contributed by atoms with Gasteiger partial charge < -0.3 is 15.1 Å². The molecule has 2 unspecified atom stereocenters. The maximum absolute atomic E-state index is 12.3. The van der Waals surface area contributed by atoms with Crippen molar-refractivity contribution in [1.82, 2.24) is 15.1 Å². The van der Waals surface area contributed by atoms with E-state index in [-0.39, 0.29) is 0 Å². The van der Waals surface area contributed by atoms with Crippen molar-refractivity contribution in [2.75, 3.05) is 46.8 Å².